The van der Waals surface area contributed by atoms with Gasteiger partial charge >= 0.3 is 0 Å². The molecule has 1 aromatic carbocycles. The Hall–Kier alpha value is -2.93. The fraction of sp³-hybridized carbons (Fsp3) is 0.385. The fourth-order valence-corrected chi connectivity index (χ4v) is 5.75. The second-order valence-corrected chi connectivity index (χ2v) is 10.6. The highest BCUT2D eigenvalue weighted by Crippen LogP contribution is 2.36. The van der Waals surface area contributed by atoms with Crippen molar-refractivity contribution in [3.63, 3.8) is 0 Å². The van der Waals surface area contributed by atoms with Gasteiger partial charge in [0.15, 0.2) is 0 Å². The highest BCUT2D eigenvalue weighted by atomic mass is 32.2. The van der Waals surface area contributed by atoms with Gasteiger partial charge in [0.05, 0.1) is 11.4 Å². The molecule has 0 aliphatic carbocycles. The molecular weight excluding hydrogens is 478 g/mol. The van der Waals surface area contributed by atoms with Gasteiger partial charge < -0.3 is 9.80 Å². The molecule has 2 aliphatic rings. The lowest BCUT2D eigenvalue weighted by atomic mass is 10.0. The van der Waals surface area contributed by atoms with Crippen molar-refractivity contribution in [1.82, 2.24) is 14.4 Å². The molecule has 0 spiro atoms. The predicted molar refractivity (Wildman–Crippen MR) is 145 cm³/mol. The molecule has 0 radical (unpaired) electrons. The van der Waals surface area contributed by atoms with Crippen molar-refractivity contribution in [3.05, 3.63) is 67.3 Å². The predicted octanol–water partition coefficient (Wildman–Crippen LogP) is 3.42. The van der Waals surface area contributed by atoms with Crippen LogP contribution in [0.25, 0.3) is 6.08 Å². The maximum Gasteiger partial charge on any atom is 0.270 e. The summed E-state index contributed by atoms with van der Waals surface area (Å²) in [4.78, 5) is 33.0. The van der Waals surface area contributed by atoms with Crippen LogP contribution in [-0.2, 0) is 18.4 Å². The molecule has 0 N–H and O–H groups in total. The highest BCUT2D eigenvalue weighted by Gasteiger charge is 2.33. The molecule has 7 nitrogen and oxygen atoms in total. The summed E-state index contributed by atoms with van der Waals surface area (Å²) in [5, 5.41) is 9.69. The molecule has 35 heavy (non-hydrogen) atoms. The summed E-state index contributed by atoms with van der Waals surface area (Å²) in [5.74, 6) is 0.583. The number of nitrogens with zero attached hydrogens (tertiary/aromatic N) is 5. The summed E-state index contributed by atoms with van der Waals surface area (Å²) >= 11 is 6.81. The number of thioether (sulfide) groups is 1. The van der Waals surface area contributed by atoms with Crippen molar-refractivity contribution < 1.29 is 4.79 Å². The van der Waals surface area contributed by atoms with Crippen LogP contribution in [0.1, 0.15) is 34.7 Å². The molecule has 0 unspecified atom stereocenters. The number of carbonyl (C=O) groups excluding carboxylic acids is 1. The molecule has 4 rings (SSSR count). The largest absolute Gasteiger partial charge is 0.355 e. The van der Waals surface area contributed by atoms with Crippen molar-refractivity contribution in [1.29, 1.82) is 5.26 Å². The van der Waals surface area contributed by atoms with Crippen molar-refractivity contribution in [3.8, 4) is 6.07 Å². The number of hydrogen-bond acceptors (Lipinski definition) is 7. The van der Waals surface area contributed by atoms with Gasteiger partial charge in [0.2, 0.25) is 0 Å². The number of nitriles is 1. The van der Waals surface area contributed by atoms with E-state index in [9.17, 15) is 14.9 Å². The Balaban J connectivity index is 1.74. The Morgan fingerprint density at radius 2 is 1.77 bits per heavy atom. The third-order valence-electron chi connectivity index (χ3n) is 6.70. The monoisotopic (exact) mass is 507 g/mol. The zero-order valence-corrected chi connectivity index (χ0v) is 22.1. The van der Waals surface area contributed by atoms with Gasteiger partial charge in [0.1, 0.15) is 21.8 Å². The molecule has 2 saturated heterocycles. The quantitative estimate of drug-likeness (QED) is 0.454. The smallest absolute Gasteiger partial charge is 0.270 e. The van der Waals surface area contributed by atoms with Crippen molar-refractivity contribution >= 4 is 46.1 Å². The van der Waals surface area contributed by atoms with E-state index in [2.05, 4.69) is 22.8 Å². The van der Waals surface area contributed by atoms with Gasteiger partial charge in [-0.3, -0.25) is 19.1 Å². The van der Waals surface area contributed by atoms with Crippen molar-refractivity contribution in [2.45, 2.75) is 27.3 Å². The van der Waals surface area contributed by atoms with Crippen LogP contribution in [-0.4, -0.2) is 57.3 Å². The van der Waals surface area contributed by atoms with E-state index in [0.29, 0.717) is 21.3 Å². The first-order chi connectivity index (χ1) is 16.7. The number of pyridine rings is 1. The van der Waals surface area contributed by atoms with Crippen molar-refractivity contribution in [2.24, 2.45) is 7.05 Å². The molecular formula is C26H29N5O2S2. The lowest BCUT2D eigenvalue weighted by molar-refractivity contribution is -0.122. The van der Waals surface area contributed by atoms with Gasteiger partial charge in [-0.2, -0.15) is 5.26 Å². The molecule has 0 saturated carbocycles. The average Bonchev–Trinajstić information content (AvgIpc) is 3.12. The van der Waals surface area contributed by atoms with E-state index in [1.54, 1.807) is 23.4 Å². The SMILES string of the molecule is CCN1CCN(c2c(/C=C3\SC(=S)N(Cc4ccc(C)cc4)C3=O)c(C)c(C#N)c(=O)n2C)CC1. The molecule has 182 valence electrons. The van der Waals surface area contributed by atoms with Crippen LogP contribution in [0.4, 0.5) is 5.82 Å². The highest BCUT2D eigenvalue weighted by molar-refractivity contribution is 8.26. The number of anilines is 1. The summed E-state index contributed by atoms with van der Waals surface area (Å²) in [6.45, 7) is 10.6. The number of aromatic nitrogens is 1. The summed E-state index contributed by atoms with van der Waals surface area (Å²) in [7, 11) is 1.70. The summed E-state index contributed by atoms with van der Waals surface area (Å²) in [5.41, 5.74) is 3.26. The minimum atomic E-state index is -0.318. The van der Waals surface area contributed by atoms with Crippen LogP contribution in [0, 0.1) is 25.2 Å². The van der Waals surface area contributed by atoms with Crippen LogP contribution in [0.15, 0.2) is 34.0 Å². The van der Waals surface area contributed by atoms with Gasteiger partial charge in [0.25, 0.3) is 11.5 Å². The lowest BCUT2D eigenvalue weighted by Gasteiger charge is -2.37. The van der Waals surface area contributed by atoms with Gasteiger partial charge in [0, 0.05) is 38.8 Å². The van der Waals surface area contributed by atoms with Gasteiger partial charge in [-0.25, -0.2) is 0 Å². The number of piperazine rings is 1. The Morgan fingerprint density at radius 3 is 2.37 bits per heavy atom. The maximum atomic E-state index is 13.4. The second kappa shape index (κ2) is 10.4. The molecule has 0 atom stereocenters. The number of carbonyl (C=O) groups is 1. The van der Waals surface area contributed by atoms with Crippen LogP contribution in [0.5, 0.6) is 0 Å². The average molecular weight is 508 g/mol. The van der Waals surface area contributed by atoms with Crippen LogP contribution in [0.2, 0.25) is 0 Å². The number of amides is 1. The molecule has 2 aliphatic heterocycles. The zero-order chi connectivity index (χ0) is 25.3. The van der Waals surface area contributed by atoms with E-state index in [1.807, 2.05) is 37.3 Å². The number of likely N-dealkylation sites (N-methyl/N-ethyl adjacent to an activating group) is 1. The Morgan fingerprint density at radius 1 is 1.11 bits per heavy atom. The van der Waals surface area contributed by atoms with E-state index in [-0.39, 0.29) is 17.0 Å². The van der Waals surface area contributed by atoms with E-state index < -0.39 is 0 Å². The second-order valence-electron chi connectivity index (χ2n) is 8.89. The normalized spacial score (nSPS) is 18.0. The minimum absolute atomic E-state index is 0.102. The van der Waals surface area contributed by atoms with Crippen LogP contribution < -0.4 is 10.5 Å². The molecule has 1 aromatic heterocycles. The van der Waals surface area contributed by atoms with E-state index >= 15 is 0 Å². The van der Waals surface area contributed by atoms with Crippen LogP contribution in [0.3, 0.4) is 0 Å². The number of aryl methyl sites for hydroxylation is 1. The first-order valence-electron chi connectivity index (χ1n) is 11.7. The number of benzene rings is 1. The van der Waals surface area contributed by atoms with Gasteiger partial charge in [-0.05, 0) is 37.6 Å². The van der Waals surface area contributed by atoms with E-state index in [0.717, 1.165) is 55.2 Å². The molecule has 2 aromatic rings. The number of rotatable bonds is 5. The summed E-state index contributed by atoms with van der Waals surface area (Å²) < 4.78 is 2.05. The first kappa shape index (κ1) is 25.2. The first-order valence-corrected chi connectivity index (χ1v) is 12.9. The maximum absolute atomic E-state index is 13.4. The standard InChI is InChI=1S/C26H29N5O2S2/c1-5-29-10-12-30(13-11-29)23-20(18(3)21(15-27)24(32)28(23)4)14-22-25(33)31(26(34)35-22)16-19-8-6-17(2)7-9-19/h6-9,14H,5,10-13,16H2,1-4H3/b22-14-. The Kier molecular flexibility index (Phi) is 7.45. The lowest BCUT2D eigenvalue weighted by Crippen LogP contribution is -2.48. The van der Waals surface area contributed by atoms with E-state index in [1.165, 1.54) is 11.8 Å². The Bertz CT molecular complexity index is 1300. The Labute approximate surface area is 215 Å². The molecule has 3 heterocycles. The van der Waals surface area contributed by atoms with Crippen LogP contribution >= 0.6 is 24.0 Å². The molecule has 1 amide bonds. The number of thiocarbonyl (C=S) groups is 1. The summed E-state index contributed by atoms with van der Waals surface area (Å²) in [6, 6.07) is 10.1. The fourth-order valence-electron chi connectivity index (χ4n) is 4.51. The molecule has 2 fully saturated rings. The van der Waals surface area contributed by atoms with Gasteiger partial charge in [-0.15, -0.1) is 0 Å². The zero-order valence-electron chi connectivity index (χ0n) is 20.5. The van der Waals surface area contributed by atoms with E-state index in [4.69, 9.17) is 12.2 Å². The third-order valence-corrected chi connectivity index (χ3v) is 8.08. The molecule has 0 bridgehead atoms. The number of hydrogen-bond donors (Lipinski definition) is 0. The van der Waals surface area contributed by atoms with Crippen molar-refractivity contribution in [2.75, 3.05) is 37.6 Å². The summed E-state index contributed by atoms with van der Waals surface area (Å²) in [6.07, 6.45) is 1.81. The molecule has 9 heteroatoms. The third kappa shape index (κ3) is 4.92. The minimum Gasteiger partial charge on any atom is -0.355 e. The topological polar surface area (TPSA) is 72.6 Å². The van der Waals surface area contributed by atoms with Gasteiger partial charge in [-0.1, -0.05) is 60.7 Å².